The summed E-state index contributed by atoms with van der Waals surface area (Å²) in [7, 11) is 0. The number of carbonyl (C=O) groups is 1. The zero-order chi connectivity index (χ0) is 33.8. The van der Waals surface area contributed by atoms with Crippen molar-refractivity contribution in [2.75, 3.05) is 13.2 Å². The summed E-state index contributed by atoms with van der Waals surface area (Å²) in [5.41, 5.74) is 13.3. The van der Waals surface area contributed by atoms with Crippen LogP contribution in [-0.2, 0) is 54.9 Å². The Kier molecular flexibility index (Phi) is 15.6. The van der Waals surface area contributed by atoms with Crippen LogP contribution >= 0.6 is 0 Å². The van der Waals surface area contributed by atoms with E-state index in [1.807, 2.05) is 121 Å². The van der Waals surface area contributed by atoms with Gasteiger partial charge in [0.2, 0.25) is 0 Å². The van der Waals surface area contributed by atoms with Crippen molar-refractivity contribution < 1.29 is 33.6 Å². The fraction of sp³-hybridized carbons (Fsp3) is 0.342. The van der Waals surface area contributed by atoms with Crippen molar-refractivity contribution in [1.29, 1.82) is 0 Å². The molecule has 0 amide bonds. The summed E-state index contributed by atoms with van der Waals surface area (Å²) in [5.74, 6) is -0.584. The van der Waals surface area contributed by atoms with Crippen LogP contribution in [0.15, 0.2) is 126 Å². The van der Waals surface area contributed by atoms with Crippen LogP contribution in [0, 0.1) is 0 Å². The smallest absolute Gasteiger partial charge is 0.308 e. The molecule has 0 unspecified atom stereocenters. The van der Waals surface area contributed by atoms with Gasteiger partial charge in [0, 0.05) is 4.91 Å². The van der Waals surface area contributed by atoms with Gasteiger partial charge in [-0.15, -0.1) is 0 Å². The van der Waals surface area contributed by atoms with Gasteiger partial charge in [0.05, 0.1) is 64.3 Å². The summed E-state index contributed by atoms with van der Waals surface area (Å²) in [6, 6.07) is 37.3. The number of azide groups is 1. The summed E-state index contributed by atoms with van der Waals surface area (Å²) in [6.07, 6.45) is -4.81. The number of esters is 1. The lowest BCUT2D eigenvalue weighted by Crippen LogP contribution is -2.53. The molecule has 0 radical (unpaired) electrons. The fourth-order valence-electron chi connectivity index (χ4n) is 5.17. The Morgan fingerprint density at radius 3 is 1.52 bits per heavy atom. The number of hydrogen-bond donors (Lipinski definition) is 1. The highest BCUT2D eigenvalue weighted by Gasteiger charge is 2.41. The Labute approximate surface area is 281 Å². The highest BCUT2D eigenvalue weighted by Crippen LogP contribution is 2.26. The van der Waals surface area contributed by atoms with Crippen molar-refractivity contribution in [3.63, 3.8) is 0 Å². The molecule has 1 N–H and O–H groups in total. The molecule has 0 heterocycles. The number of nitrogens with zero attached hydrogens (tertiary/aromatic N) is 3. The molecule has 4 rings (SSSR count). The zero-order valence-corrected chi connectivity index (χ0v) is 27.1. The Morgan fingerprint density at radius 1 is 0.667 bits per heavy atom. The first kappa shape index (κ1) is 36.3. The van der Waals surface area contributed by atoms with Gasteiger partial charge in [0.1, 0.15) is 12.2 Å². The van der Waals surface area contributed by atoms with Gasteiger partial charge in [-0.25, -0.2) is 0 Å². The second-order valence-corrected chi connectivity index (χ2v) is 11.1. The van der Waals surface area contributed by atoms with Gasteiger partial charge >= 0.3 is 5.97 Å². The van der Waals surface area contributed by atoms with Crippen molar-refractivity contribution in [2.45, 2.75) is 70.2 Å². The Balaban J connectivity index is 1.71. The van der Waals surface area contributed by atoms with E-state index in [1.165, 1.54) is 0 Å². The van der Waals surface area contributed by atoms with Crippen molar-refractivity contribution in [1.82, 2.24) is 0 Å². The fourth-order valence-corrected chi connectivity index (χ4v) is 5.17. The number of carbonyl (C=O) groups excluding carboxylic acids is 1. The van der Waals surface area contributed by atoms with Gasteiger partial charge in [-0.2, -0.15) is 0 Å². The molecular weight excluding hydrogens is 610 g/mol. The normalized spacial score (nSPS) is 14.2. The quantitative estimate of drug-likeness (QED) is 0.0445. The minimum atomic E-state index is -1.35. The van der Waals surface area contributed by atoms with E-state index in [1.54, 1.807) is 6.92 Å². The molecule has 0 saturated heterocycles. The molecule has 0 saturated carbocycles. The molecule has 10 nitrogen and oxygen atoms in total. The summed E-state index contributed by atoms with van der Waals surface area (Å²) in [6.45, 7) is 2.51. The van der Waals surface area contributed by atoms with Gasteiger partial charge in [-0.1, -0.05) is 126 Å². The molecule has 0 bridgehead atoms. The van der Waals surface area contributed by atoms with Crippen LogP contribution in [-0.4, -0.2) is 54.7 Å². The lowest BCUT2D eigenvalue weighted by atomic mass is 9.95. The lowest BCUT2D eigenvalue weighted by molar-refractivity contribution is -0.190. The monoisotopic (exact) mass is 653 g/mol. The molecule has 252 valence electrons. The number of ether oxygens (including phenoxy) is 5. The van der Waals surface area contributed by atoms with E-state index in [0.717, 1.165) is 22.3 Å². The average molecular weight is 654 g/mol. The maximum Gasteiger partial charge on any atom is 0.308 e. The Bertz CT molecular complexity index is 1510. The molecule has 4 aromatic rings. The molecule has 48 heavy (non-hydrogen) atoms. The van der Waals surface area contributed by atoms with E-state index in [9.17, 15) is 15.4 Å². The first-order valence-corrected chi connectivity index (χ1v) is 16.0. The number of aliphatic hydroxyl groups excluding tert-OH is 1. The predicted molar refractivity (Wildman–Crippen MR) is 181 cm³/mol. The third-order valence-electron chi connectivity index (χ3n) is 7.54. The molecule has 4 aromatic carbocycles. The van der Waals surface area contributed by atoms with Gasteiger partial charge in [-0.3, -0.25) is 4.79 Å². The SMILES string of the molecule is CCOC(=O)C[C@@H](O)[C@H](OCc1ccccc1)[C@@H](OCc1ccccc1)[C@H](OCc1ccccc1)[C@@H](COCc1ccccc1)N=[N+]=[N-]. The number of benzene rings is 4. The van der Waals surface area contributed by atoms with Gasteiger partial charge < -0.3 is 28.8 Å². The van der Waals surface area contributed by atoms with Crippen molar-refractivity contribution in [2.24, 2.45) is 5.11 Å². The molecular formula is C38H43N3O7. The highest BCUT2D eigenvalue weighted by atomic mass is 16.6. The van der Waals surface area contributed by atoms with Crippen LogP contribution in [0.1, 0.15) is 35.6 Å². The van der Waals surface area contributed by atoms with E-state index < -0.39 is 36.4 Å². The van der Waals surface area contributed by atoms with Crippen molar-refractivity contribution in [3.05, 3.63) is 154 Å². The van der Waals surface area contributed by atoms with E-state index >= 15 is 0 Å². The Hall–Kier alpha value is -4.54. The van der Waals surface area contributed by atoms with Crippen molar-refractivity contribution >= 4 is 5.97 Å². The lowest BCUT2D eigenvalue weighted by Gasteiger charge is -2.38. The molecule has 0 fully saturated rings. The zero-order valence-electron chi connectivity index (χ0n) is 27.1. The van der Waals surface area contributed by atoms with Crippen LogP contribution in [0.2, 0.25) is 0 Å². The van der Waals surface area contributed by atoms with Crippen LogP contribution in [0.3, 0.4) is 0 Å². The average Bonchev–Trinajstić information content (AvgIpc) is 3.12. The van der Waals surface area contributed by atoms with Crippen LogP contribution in [0.25, 0.3) is 10.4 Å². The summed E-state index contributed by atoms with van der Waals surface area (Å²) >= 11 is 0. The topological polar surface area (TPSA) is 132 Å². The summed E-state index contributed by atoms with van der Waals surface area (Å²) in [5, 5.41) is 15.7. The second kappa shape index (κ2) is 20.6. The first-order valence-electron chi connectivity index (χ1n) is 16.0. The molecule has 0 spiro atoms. The van der Waals surface area contributed by atoms with E-state index in [2.05, 4.69) is 10.0 Å². The second-order valence-electron chi connectivity index (χ2n) is 11.1. The third-order valence-corrected chi connectivity index (χ3v) is 7.54. The van der Waals surface area contributed by atoms with Crippen LogP contribution in [0.4, 0.5) is 0 Å². The predicted octanol–water partition coefficient (Wildman–Crippen LogP) is 6.95. The molecule has 0 aromatic heterocycles. The molecule has 0 aliphatic carbocycles. The van der Waals surface area contributed by atoms with E-state index in [0.29, 0.717) is 0 Å². The maximum absolute atomic E-state index is 12.6. The molecule has 5 atom stereocenters. The highest BCUT2D eigenvalue weighted by molar-refractivity contribution is 5.70. The molecule has 0 aliphatic rings. The molecule has 10 heteroatoms. The summed E-state index contributed by atoms with van der Waals surface area (Å²) < 4.78 is 30.8. The van der Waals surface area contributed by atoms with Gasteiger partial charge in [0.25, 0.3) is 0 Å². The number of hydrogen-bond acceptors (Lipinski definition) is 8. The van der Waals surface area contributed by atoms with E-state index in [-0.39, 0.29) is 46.1 Å². The first-order chi connectivity index (χ1) is 23.6. The number of rotatable bonds is 21. The van der Waals surface area contributed by atoms with Gasteiger partial charge in [0.15, 0.2) is 0 Å². The van der Waals surface area contributed by atoms with Crippen LogP contribution < -0.4 is 0 Å². The molecule has 0 aliphatic heterocycles. The standard InChI is InChI=1S/C38H43N3O7/c1-2-45-35(43)23-34(42)37(47-26-31-19-11-5-12-20-31)38(48-27-32-21-13-6-14-22-32)36(46-25-30-17-9-4-10-18-30)33(40-41-39)28-44-24-29-15-7-3-8-16-29/h3-22,33-34,36-38,42H,2,23-28H2,1H3/t33-,34-,36-,37+,38+/m1/s1. The Morgan fingerprint density at radius 2 is 1.08 bits per heavy atom. The summed E-state index contributed by atoms with van der Waals surface area (Å²) in [4.78, 5) is 15.8. The largest absolute Gasteiger partial charge is 0.466 e. The minimum absolute atomic E-state index is 0.0109. The maximum atomic E-state index is 12.6. The number of aliphatic hydroxyl groups is 1. The minimum Gasteiger partial charge on any atom is -0.466 e. The van der Waals surface area contributed by atoms with Crippen molar-refractivity contribution in [3.8, 4) is 0 Å². The van der Waals surface area contributed by atoms with Gasteiger partial charge in [-0.05, 0) is 34.7 Å². The van der Waals surface area contributed by atoms with Crippen LogP contribution in [0.5, 0.6) is 0 Å². The van der Waals surface area contributed by atoms with E-state index in [4.69, 9.17) is 23.7 Å². The third kappa shape index (κ3) is 12.2.